The average molecular weight is 199 g/mol. The standard InChI is InChI=1S/C11H21NO2/c1-11(2,12-8-10(13)14)9-6-4-3-5-7-9/h9,12H,3-8H2,1-2H3,(H,13,14). The van der Waals surface area contributed by atoms with Crippen LogP contribution < -0.4 is 5.32 Å². The molecule has 0 aromatic heterocycles. The van der Waals surface area contributed by atoms with Crippen LogP contribution in [0, 0.1) is 5.92 Å². The van der Waals surface area contributed by atoms with Gasteiger partial charge in [0, 0.05) is 5.54 Å². The van der Waals surface area contributed by atoms with Crippen molar-refractivity contribution in [3.8, 4) is 0 Å². The number of carboxylic acid groups (broad SMARTS) is 1. The average Bonchev–Trinajstić information content (AvgIpc) is 2.16. The number of nitrogens with one attached hydrogen (secondary N) is 1. The van der Waals surface area contributed by atoms with Gasteiger partial charge in [-0.3, -0.25) is 4.79 Å². The molecular weight excluding hydrogens is 178 g/mol. The smallest absolute Gasteiger partial charge is 0.317 e. The van der Waals surface area contributed by atoms with Gasteiger partial charge in [0.25, 0.3) is 0 Å². The van der Waals surface area contributed by atoms with Crippen molar-refractivity contribution >= 4 is 5.97 Å². The lowest BCUT2D eigenvalue weighted by atomic mass is 9.77. The van der Waals surface area contributed by atoms with Crippen LogP contribution in [0.3, 0.4) is 0 Å². The van der Waals surface area contributed by atoms with E-state index in [1.54, 1.807) is 0 Å². The summed E-state index contributed by atoms with van der Waals surface area (Å²) < 4.78 is 0. The summed E-state index contributed by atoms with van der Waals surface area (Å²) in [6, 6.07) is 0. The van der Waals surface area contributed by atoms with E-state index in [-0.39, 0.29) is 12.1 Å². The van der Waals surface area contributed by atoms with Crippen LogP contribution in [0.2, 0.25) is 0 Å². The topological polar surface area (TPSA) is 49.3 Å². The van der Waals surface area contributed by atoms with Gasteiger partial charge in [0.05, 0.1) is 6.54 Å². The van der Waals surface area contributed by atoms with E-state index in [4.69, 9.17) is 5.11 Å². The predicted molar refractivity (Wildman–Crippen MR) is 56.3 cm³/mol. The third kappa shape index (κ3) is 3.29. The summed E-state index contributed by atoms with van der Waals surface area (Å²) in [5.74, 6) is -0.135. The van der Waals surface area contributed by atoms with E-state index in [1.807, 2.05) is 0 Å². The molecule has 0 atom stereocenters. The maximum Gasteiger partial charge on any atom is 0.317 e. The molecule has 14 heavy (non-hydrogen) atoms. The van der Waals surface area contributed by atoms with Gasteiger partial charge >= 0.3 is 5.97 Å². The summed E-state index contributed by atoms with van der Waals surface area (Å²) in [5, 5.41) is 11.7. The first-order valence-corrected chi connectivity index (χ1v) is 5.49. The molecule has 1 rings (SSSR count). The van der Waals surface area contributed by atoms with Gasteiger partial charge in [-0.05, 0) is 32.6 Å². The zero-order valence-corrected chi connectivity index (χ0v) is 9.18. The highest BCUT2D eigenvalue weighted by atomic mass is 16.4. The lowest BCUT2D eigenvalue weighted by Gasteiger charge is -2.37. The van der Waals surface area contributed by atoms with Crippen molar-refractivity contribution in [1.82, 2.24) is 5.32 Å². The van der Waals surface area contributed by atoms with Crippen molar-refractivity contribution in [1.29, 1.82) is 0 Å². The number of aliphatic carboxylic acids is 1. The Bertz CT molecular complexity index is 195. The third-order valence-electron chi connectivity index (χ3n) is 3.32. The molecule has 82 valence electrons. The first-order valence-electron chi connectivity index (χ1n) is 5.49. The fourth-order valence-corrected chi connectivity index (χ4v) is 2.27. The first kappa shape index (κ1) is 11.5. The molecule has 0 unspecified atom stereocenters. The second-order valence-electron chi connectivity index (χ2n) is 4.80. The molecule has 0 saturated heterocycles. The zero-order chi connectivity index (χ0) is 10.6. The zero-order valence-electron chi connectivity index (χ0n) is 9.18. The third-order valence-corrected chi connectivity index (χ3v) is 3.32. The van der Waals surface area contributed by atoms with E-state index >= 15 is 0 Å². The monoisotopic (exact) mass is 199 g/mol. The van der Waals surface area contributed by atoms with Crippen molar-refractivity contribution in [2.45, 2.75) is 51.5 Å². The van der Waals surface area contributed by atoms with E-state index in [0.717, 1.165) is 0 Å². The molecule has 0 bridgehead atoms. The summed E-state index contributed by atoms with van der Waals surface area (Å²) >= 11 is 0. The molecule has 1 fully saturated rings. The molecule has 0 radical (unpaired) electrons. The molecule has 0 amide bonds. The van der Waals surface area contributed by atoms with E-state index in [0.29, 0.717) is 5.92 Å². The molecule has 0 aromatic rings. The van der Waals surface area contributed by atoms with Gasteiger partial charge in [-0.25, -0.2) is 0 Å². The maximum atomic E-state index is 10.5. The van der Waals surface area contributed by atoms with Crippen molar-refractivity contribution in [3.63, 3.8) is 0 Å². The van der Waals surface area contributed by atoms with Gasteiger partial charge in [-0.1, -0.05) is 19.3 Å². The minimum Gasteiger partial charge on any atom is -0.480 e. The fourth-order valence-electron chi connectivity index (χ4n) is 2.27. The Morgan fingerprint density at radius 2 is 1.93 bits per heavy atom. The Balaban J connectivity index is 2.41. The molecule has 1 aliphatic carbocycles. The normalized spacial score (nSPS) is 19.6. The lowest BCUT2D eigenvalue weighted by molar-refractivity contribution is -0.136. The van der Waals surface area contributed by atoms with Crippen LogP contribution >= 0.6 is 0 Å². The van der Waals surface area contributed by atoms with Crippen LogP contribution in [-0.4, -0.2) is 23.2 Å². The molecule has 0 aliphatic heterocycles. The quantitative estimate of drug-likeness (QED) is 0.728. The van der Waals surface area contributed by atoms with Gasteiger partial charge in [0.1, 0.15) is 0 Å². The van der Waals surface area contributed by atoms with Gasteiger partial charge < -0.3 is 10.4 Å². The summed E-state index contributed by atoms with van der Waals surface area (Å²) in [5.41, 5.74) is -0.0290. The maximum absolute atomic E-state index is 10.5. The molecule has 0 spiro atoms. The predicted octanol–water partition coefficient (Wildman–Crippen LogP) is 2.02. The Kier molecular flexibility index (Phi) is 3.93. The van der Waals surface area contributed by atoms with Crippen LogP contribution in [0.4, 0.5) is 0 Å². The molecule has 0 aromatic carbocycles. The summed E-state index contributed by atoms with van der Waals surface area (Å²) in [4.78, 5) is 10.5. The Morgan fingerprint density at radius 1 is 1.36 bits per heavy atom. The summed E-state index contributed by atoms with van der Waals surface area (Å²) in [6.07, 6.45) is 6.40. The van der Waals surface area contributed by atoms with Crippen LogP contribution in [-0.2, 0) is 4.79 Å². The van der Waals surface area contributed by atoms with Crippen LogP contribution in [0.5, 0.6) is 0 Å². The molecule has 3 nitrogen and oxygen atoms in total. The number of carboxylic acids is 1. The minimum atomic E-state index is -0.770. The highest BCUT2D eigenvalue weighted by molar-refractivity contribution is 5.69. The van der Waals surface area contributed by atoms with Crippen molar-refractivity contribution in [2.75, 3.05) is 6.54 Å². The van der Waals surface area contributed by atoms with Crippen LogP contribution in [0.1, 0.15) is 46.0 Å². The van der Waals surface area contributed by atoms with E-state index in [9.17, 15) is 4.79 Å². The summed E-state index contributed by atoms with van der Waals surface area (Å²) in [7, 11) is 0. The molecule has 1 aliphatic rings. The second-order valence-corrected chi connectivity index (χ2v) is 4.80. The molecule has 1 saturated carbocycles. The Hall–Kier alpha value is -0.570. The number of hydrogen-bond acceptors (Lipinski definition) is 2. The number of carbonyl (C=O) groups is 1. The molecular formula is C11H21NO2. The Labute approximate surface area is 85.9 Å². The van der Waals surface area contributed by atoms with Gasteiger partial charge in [-0.15, -0.1) is 0 Å². The largest absolute Gasteiger partial charge is 0.480 e. The highest BCUT2D eigenvalue weighted by Crippen LogP contribution is 2.32. The van der Waals surface area contributed by atoms with E-state index in [1.165, 1.54) is 32.1 Å². The molecule has 3 heteroatoms. The van der Waals surface area contributed by atoms with Crippen molar-refractivity contribution in [3.05, 3.63) is 0 Å². The van der Waals surface area contributed by atoms with Gasteiger partial charge in [0.15, 0.2) is 0 Å². The van der Waals surface area contributed by atoms with Crippen molar-refractivity contribution < 1.29 is 9.90 Å². The fraction of sp³-hybridized carbons (Fsp3) is 0.909. The van der Waals surface area contributed by atoms with Crippen LogP contribution in [0.15, 0.2) is 0 Å². The number of hydrogen-bond donors (Lipinski definition) is 2. The van der Waals surface area contributed by atoms with E-state index in [2.05, 4.69) is 19.2 Å². The molecule has 0 heterocycles. The summed E-state index contributed by atoms with van der Waals surface area (Å²) in [6.45, 7) is 4.31. The second kappa shape index (κ2) is 4.78. The van der Waals surface area contributed by atoms with E-state index < -0.39 is 5.97 Å². The Morgan fingerprint density at radius 3 is 2.43 bits per heavy atom. The van der Waals surface area contributed by atoms with Gasteiger partial charge in [0.2, 0.25) is 0 Å². The highest BCUT2D eigenvalue weighted by Gasteiger charge is 2.30. The SMILES string of the molecule is CC(C)(NCC(=O)O)C1CCCCC1. The lowest BCUT2D eigenvalue weighted by Crippen LogP contribution is -2.48. The first-order chi connectivity index (χ1) is 6.52. The minimum absolute atomic E-state index is 0.0290. The number of rotatable bonds is 4. The van der Waals surface area contributed by atoms with Crippen LogP contribution in [0.25, 0.3) is 0 Å². The molecule has 2 N–H and O–H groups in total. The van der Waals surface area contributed by atoms with Crippen molar-refractivity contribution in [2.24, 2.45) is 5.92 Å². The van der Waals surface area contributed by atoms with Gasteiger partial charge in [-0.2, -0.15) is 0 Å².